The number of quaternary nitrogens is 1. The minimum absolute atomic E-state index is 0.0911. The topological polar surface area (TPSA) is 56.2 Å². The van der Waals surface area contributed by atoms with Gasteiger partial charge in [0.15, 0.2) is 0 Å². The normalized spacial score (nSPS) is 28.5. The summed E-state index contributed by atoms with van der Waals surface area (Å²) in [5.74, 6) is 0. The molecule has 0 aliphatic carbocycles. The van der Waals surface area contributed by atoms with Crippen LogP contribution in [0.15, 0.2) is 23.4 Å². The first-order chi connectivity index (χ1) is 5.17. The Morgan fingerprint density at radius 2 is 2.55 bits per heavy atom. The summed E-state index contributed by atoms with van der Waals surface area (Å²) < 4.78 is -1.26. The molecule has 0 bridgehead atoms. The third-order valence-electron chi connectivity index (χ3n) is 1.47. The van der Waals surface area contributed by atoms with E-state index in [0.717, 1.165) is 22.4 Å². The van der Waals surface area contributed by atoms with Crippen LogP contribution in [-0.4, -0.2) is 14.4 Å². The van der Waals surface area contributed by atoms with E-state index in [9.17, 15) is 5.21 Å². The first-order valence-corrected chi connectivity index (χ1v) is 3.89. The molecule has 2 rings (SSSR count). The molecule has 11 heavy (non-hydrogen) atoms. The van der Waals surface area contributed by atoms with Gasteiger partial charge in [-0.3, -0.25) is 4.98 Å². The van der Waals surface area contributed by atoms with Crippen LogP contribution in [0.25, 0.3) is 0 Å². The Bertz CT molecular complexity index is 263. The Hall–Kier alpha value is -0.620. The molecule has 2 heterocycles. The maximum Gasteiger partial charge on any atom is 0.149 e. The Kier molecular flexibility index (Phi) is 1.40. The molecule has 0 spiro atoms. The minimum atomic E-state index is -1.26. The highest BCUT2D eigenvalue weighted by Gasteiger charge is 2.29. The van der Waals surface area contributed by atoms with Crippen molar-refractivity contribution >= 4 is 11.9 Å². The van der Waals surface area contributed by atoms with Gasteiger partial charge in [-0.15, -0.1) is 4.21 Å². The summed E-state index contributed by atoms with van der Waals surface area (Å²) in [6.07, 6.45) is 3.22. The van der Waals surface area contributed by atoms with Gasteiger partial charge < -0.3 is 5.21 Å². The third-order valence-corrected chi connectivity index (χ3v) is 2.48. The second kappa shape index (κ2) is 2.18. The van der Waals surface area contributed by atoms with Crippen LogP contribution in [0.3, 0.4) is 0 Å². The number of fused-ring (bicyclic) bond motifs is 1. The molecule has 1 N–H and O–H groups in total. The van der Waals surface area contributed by atoms with Crippen molar-refractivity contribution in [1.29, 1.82) is 0 Å². The van der Waals surface area contributed by atoms with Gasteiger partial charge in [-0.2, -0.15) is 0 Å². The van der Waals surface area contributed by atoms with E-state index in [1.807, 2.05) is 0 Å². The molecule has 0 saturated carbocycles. The molecular formula is C6H6N2O2S. The van der Waals surface area contributed by atoms with E-state index < -0.39 is 4.21 Å². The second-order valence-corrected chi connectivity index (χ2v) is 3.56. The van der Waals surface area contributed by atoms with Crippen LogP contribution in [0.1, 0.15) is 5.56 Å². The number of nitrogens with zero attached hydrogens (tertiary/aromatic N) is 2. The Labute approximate surface area is 67.7 Å². The van der Waals surface area contributed by atoms with Gasteiger partial charge in [-0.25, -0.2) is 5.21 Å². The molecule has 5 heteroatoms. The monoisotopic (exact) mass is 170 g/mol. The number of hydrogen-bond donors (Lipinski definition) is 1. The molecule has 0 fully saturated rings. The molecule has 1 aromatic rings. The van der Waals surface area contributed by atoms with Crippen molar-refractivity contribution in [2.75, 3.05) is 0 Å². The third kappa shape index (κ3) is 1.23. The molecule has 1 atom stereocenters. The van der Waals surface area contributed by atoms with Crippen LogP contribution in [0.2, 0.25) is 0 Å². The first-order valence-electron chi connectivity index (χ1n) is 3.12. The van der Waals surface area contributed by atoms with Crippen molar-refractivity contribution in [3.63, 3.8) is 0 Å². The van der Waals surface area contributed by atoms with Gasteiger partial charge >= 0.3 is 0 Å². The minimum Gasteiger partial charge on any atom is -0.586 e. The number of pyridine rings is 1. The summed E-state index contributed by atoms with van der Waals surface area (Å²) in [7, 11) is 0. The van der Waals surface area contributed by atoms with Crippen molar-refractivity contribution in [2.24, 2.45) is 0 Å². The summed E-state index contributed by atoms with van der Waals surface area (Å²) >= 11 is 0.891. The molecule has 0 aromatic carbocycles. The molecule has 1 aliphatic heterocycles. The van der Waals surface area contributed by atoms with Crippen LogP contribution in [0, 0.1) is 5.21 Å². The Morgan fingerprint density at radius 1 is 1.73 bits per heavy atom. The largest absolute Gasteiger partial charge is 0.586 e. The summed E-state index contributed by atoms with van der Waals surface area (Å²) in [5.41, 5.74) is 0.815. The lowest BCUT2D eigenvalue weighted by atomic mass is 10.3. The number of aromatic nitrogens is 1. The fourth-order valence-electron chi connectivity index (χ4n) is 1.02. The molecule has 1 aromatic heterocycles. The van der Waals surface area contributed by atoms with Crippen LogP contribution in [0.5, 0.6) is 0 Å². The lowest BCUT2D eigenvalue weighted by molar-refractivity contribution is -0.959. The summed E-state index contributed by atoms with van der Waals surface area (Å²) in [5, 5.41) is 20.0. The van der Waals surface area contributed by atoms with E-state index in [1.165, 1.54) is 0 Å². The highest BCUT2D eigenvalue weighted by atomic mass is 32.2. The predicted molar refractivity (Wildman–Crippen MR) is 39.2 cm³/mol. The van der Waals surface area contributed by atoms with Gasteiger partial charge in [0.2, 0.25) is 0 Å². The predicted octanol–water partition coefficient (Wildman–Crippen LogP) is 1.31. The van der Waals surface area contributed by atoms with E-state index >= 15 is 0 Å². The van der Waals surface area contributed by atoms with Crippen molar-refractivity contribution in [3.8, 4) is 0 Å². The first kappa shape index (κ1) is 7.05. The molecule has 1 unspecified atom stereocenters. The smallest absolute Gasteiger partial charge is 0.149 e. The Morgan fingerprint density at radius 3 is 3.27 bits per heavy atom. The maximum absolute atomic E-state index is 11.0. The van der Waals surface area contributed by atoms with Gasteiger partial charge in [-0.05, 0) is 6.07 Å². The quantitative estimate of drug-likeness (QED) is 0.362. The molecule has 1 aliphatic rings. The van der Waals surface area contributed by atoms with Crippen molar-refractivity contribution in [1.82, 2.24) is 4.98 Å². The maximum atomic E-state index is 11.0. The van der Waals surface area contributed by atoms with Crippen molar-refractivity contribution < 1.29 is 9.42 Å². The van der Waals surface area contributed by atoms with Gasteiger partial charge in [-0.1, -0.05) is 0 Å². The standard InChI is InChI=1S/C6H6N2O2S/c9-8(10)4-5-3-7-2-1-6(5)11-8/h1-3,9H,4H2. The van der Waals surface area contributed by atoms with E-state index in [0.29, 0.717) is 0 Å². The van der Waals surface area contributed by atoms with Crippen LogP contribution in [-0.2, 0) is 6.54 Å². The molecular weight excluding hydrogens is 164 g/mol. The molecule has 0 saturated heterocycles. The van der Waals surface area contributed by atoms with Crippen molar-refractivity contribution in [2.45, 2.75) is 11.4 Å². The van der Waals surface area contributed by atoms with Gasteiger partial charge in [0, 0.05) is 18.0 Å². The van der Waals surface area contributed by atoms with Crippen LogP contribution < -0.4 is 0 Å². The molecule has 0 radical (unpaired) electrons. The highest BCUT2D eigenvalue weighted by Crippen LogP contribution is 2.39. The second-order valence-electron chi connectivity index (χ2n) is 2.37. The van der Waals surface area contributed by atoms with Gasteiger partial charge in [0.05, 0.1) is 4.90 Å². The number of hydrogen-bond acceptors (Lipinski definition) is 4. The zero-order valence-electron chi connectivity index (χ0n) is 5.60. The van der Waals surface area contributed by atoms with Crippen LogP contribution >= 0.6 is 11.9 Å². The molecule has 0 amide bonds. The summed E-state index contributed by atoms with van der Waals surface area (Å²) in [6, 6.07) is 1.73. The SMILES string of the molecule is [O-][N+]1(O)Cc2cnccc2S1. The number of rotatable bonds is 0. The van der Waals surface area contributed by atoms with E-state index in [4.69, 9.17) is 5.21 Å². The fraction of sp³-hybridized carbons (Fsp3) is 0.167. The molecule has 58 valence electrons. The zero-order chi connectivity index (χ0) is 7.90. The summed E-state index contributed by atoms with van der Waals surface area (Å²) in [4.78, 5) is 4.67. The zero-order valence-corrected chi connectivity index (χ0v) is 6.41. The number of hydroxylamine groups is 2. The van der Waals surface area contributed by atoms with Gasteiger partial charge in [0.25, 0.3) is 0 Å². The van der Waals surface area contributed by atoms with Gasteiger partial charge in [0.1, 0.15) is 18.5 Å². The van der Waals surface area contributed by atoms with Crippen LogP contribution in [0.4, 0.5) is 0 Å². The average molecular weight is 170 g/mol. The summed E-state index contributed by atoms with van der Waals surface area (Å²) in [6.45, 7) is 0.0911. The van der Waals surface area contributed by atoms with Crippen molar-refractivity contribution in [3.05, 3.63) is 29.2 Å². The lowest BCUT2D eigenvalue weighted by Crippen LogP contribution is -2.24. The fourth-order valence-corrected chi connectivity index (χ4v) is 1.89. The van der Waals surface area contributed by atoms with E-state index in [-0.39, 0.29) is 6.54 Å². The average Bonchev–Trinajstić information content (AvgIpc) is 2.21. The highest BCUT2D eigenvalue weighted by molar-refractivity contribution is 7.94. The van der Waals surface area contributed by atoms with E-state index in [2.05, 4.69) is 4.98 Å². The molecule has 4 nitrogen and oxygen atoms in total. The van der Waals surface area contributed by atoms with E-state index in [1.54, 1.807) is 18.5 Å². The lowest BCUT2D eigenvalue weighted by Gasteiger charge is -2.23. The Balaban J connectivity index is 2.41.